The van der Waals surface area contributed by atoms with Crippen LogP contribution in [-0.4, -0.2) is 31.2 Å². The van der Waals surface area contributed by atoms with Crippen LogP contribution in [0.1, 0.15) is 44.3 Å². The molecule has 7 nitrogen and oxygen atoms in total. The van der Waals surface area contributed by atoms with Gasteiger partial charge >= 0.3 is 0 Å². The Morgan fingerprint density at radius 2 is 1.97 bits per heavy atom. The van der Waals surface area contributed by atoms with Crippen LogP contribution in [0.15, 0.2) is 54.7 Å². The number of pyridine rings is 1. The first-order valence-electron chi connectivity index (χ1n) is 9.69. The fourth-order valence-corrected chi connectivity index (χ4v) is 4.17. The van der Waals surface area contributed by atoms with E-state index in [-0.39, 0.29) is 11.9 Å². The van der Waals surface area contributed by atoms with Gasteiger partial charge in [0.05, 0.1) is 6.04 Å². The Balaban J connectivity index is 1.55. The summed E-state index contributed by atoms with van der Waals surface area (Å²) in [4.78, 5) is 19.4. The molecule has 0 saturated heterocycles. The Hall–Kier alpha value is -4.05. The van der Waals surface area contributed by atoms with E-state index >= 15 is 0 Å². The van der Waals surface area contributed by atoms with Crippen LogP contribution in [0.3, 0.4) is 0 Å². The lowest BCUT2D eigenvalue weighted by Gasteiger charge is -2.26. The van der Waals surface area contributed by atoms with Crippen molar-refractivity contribution in [2.75, 3.05) is 0 Å². The molecule has 4 aromatic rings. The van der Waals surface area contributed by atoms with Gasteiger partial charge in [-0.2, -0.15) is 20.7 Å². The number of nitriles is 1. The summed E-state index contributed by atoms with van der Waals surface area (Å²) >= 11 is 0. The zero-order valence-corrected chi connectivity index (χ0v) is 16.3. The van der Waals surface area contributed by atoms with Crippen LogP contribution in [0.2, 0.25) is 0 Å². The zero-order valence-electron chi connectivity index (χ0n) is 16.3. The van der Waals surface area contributed by atoms with Gasteiger partial charge in [-0.05, 0) is 53.4 Å². The number of amides is 1. The quantitative estimate of drug-likeness (QED) is 0.571. The second-order valence-electron chi connectivity index (χ2n) is 7.45. The fraction of sp³-hybridized carbons (Fsp3) is 0.174. The van der Waals surface area contributed by atoms with Crippen molar-refractivity contribution in [1.29, 1.82) is 5.26 Å². The Morgan fingerprint density at radius 3 is 2.83 bits per heavy atom. The van der Waals surface area contributed by atoms with Crippen LogP contribution >= 0.6 is 0 Å². The Morgan fingerprint density at radius 1 is 1.13 bits per heavy atom. The van der Waals surface area contributed by atoms with Gasteiger partial charge in [0, 0.05) is 24.7 Å². The van der Waals surface area contributed by atoms with Crippen LogP contribution in [0.5, 0.6) is 0 Å². The molecule has 7 heteroatoms. The number of aryl methyl sites for hydroxylation is 1. The fourth-order valence-electron chi connectivity index (χ4n) is 4.17. The first kappa shape index (κ1) is 18.0. The van der Waals surface area contributed by atoms with E-state index in [4.69, 9.17) is 0 Å². The van der Waals surface area contributed by atoms with E-state index in [0.717, 1.165) is 33.3 Å². The van der Waals surface area contributed by atoms with Crippen molar-refractivity contribution in [1.82, 2.24) is 25.3 Å². The molecular formula is C23H18N6O. The Kier molecular flexibility index (Phi) is 4.25. The normalized spacial score (nSPS) is 15.4. The predicted octanol–water partition coefficient (Wildman–Crippen LogP) is 3.47. The number of nitrogens with one attached hydrogen (secondary N) is 1. The molecule has 30 heavy (non-hydrogen) atoms. The molecule has 5 rings (SSSR count). The van der Waals surface area contributed by atoms with Crippen molar-refractivity contribution in [2.24, 2.45) is 0 Å². The highest BCUT2D eigenvalue weighted by molar-refractivity contribution is 5.99. The number of fused-ring (bicyclic) bond motifs is 2. The molecule has 1 atom stereocenters. The highest BCUT2D eigenvalue weighted by Gasteiger charge is 2.37. The summed E-state index contributed by atoms with van der Waals surface area (Å²) in [6.45, 7) is 2.42. The first-order valence-corrected chi connectivity index (χ1v) is 9.69. The minimum absolute atomic E-state index is 0.00380. The van der Waals surface area contributed by atoms with Crippen molar-refractivity contribution in [3.63, 3.8) is 0 Å². The number of aromatic amines is 1. The molecule has 1 aliphatic rings. The number of carbonyl (C=O) groups is 1. The molecule has 1 N–H and O–H groups in total. The van der Waals surface area contributed by atoms with Gasteiger partial charge in [-0.15, -0.1) is 0 Å². The average Bonchev–Trinajstić information content (AvgIpc) is 3.33. The molecular weight excluding hydrogens is 376 g/mol. The van der Waals surface area contributed by atoms with Crippen LogP contribution < -0.4 is 0 Å². The third-order valence-electron chi connectivity index (χ3n) is 5.71. The maximum Gasteiger partial charge on any atom is 0.255 e. The number of benzene rings is 2. The standard InChI is InChI=1S/C23H18N6O/c1-14-8-9-25-21(12-24)18(14)11-22-16-4-2-3-5-17(16)23(30)29(22)13-15-6-7-19-20(10-15)27-28-26-19/h2-10,22H,11,13H2,1H3,(H,26,27,28)/t22-/m0/s1. The van der Waals surface area contributed by atoms with Gasteiger partial charge in [0.15, 0.2) is 0 Å². The lowest BCUT2D eigenvalue weighted by molar-refractivity contribution is 0.0709. The van der Waals surface area contributed by atoms with Gasteiger partial charge in [0.1, 0.15) is 22.8 Å². The number of aromatic nitrogens is 4. The SMILES string of the molecule is Cc1ccnc(C#N)c1C[C@H]1c2ccccc2C(=O)N1Cc1ccc2n[nH]nc2c1. The number of rotatable bonds is 4. The molecule has 2 aromatic carbocycles. The van der Waals surface area contributed by atoms with Crippen molar-refractivity contribution in [3.05, 3.63) is 88.2 Å². The third kappa shape index (κ3) is 2.90. The lowest BCUT2D eigenvalue weighted by Crippen LogP contribution is -2.29. The molecule has 2 aromatic heterocycles. The molecule has 146 valence electrons. The van der Waals surface area contributed by atoms with Gasteiger partial charge in [0.2, 0.25) is 0 Å². The Labute approximate surface area is 173 Å². The number of carbonyl (C=O) groups excluding carboxylic acids is 1. The molecule has 0 unspecified atom stereocenters. The maximum atomic E-state index is 13.3. The highest BCUT2D eigenvalue weighted by atomic mass is 16.2. The van der Waals surface area contributed by atoms with E-state index in [0.29, 0.717) is 24.2 Å². The van der Waals surface area contributed by atoms with Crippen molar-refractivity contribution < 1.29 is 4.79 Å². The number of H-pyrrole nitrogens is 1. The minimum Gasteiger partial charge on any atom is -0.327 e. The summed E-state index contributed by atoms with van der Waals surface area (Å²) < 4.78 is 0. The van der Waals surface area contributed by atoms with Gasteiger partial charge in [-0.3, -0.25) is 4.79 Å². The smallest absolute Gasteiger partial charge is 0.255 e. The van der Waals surface area contributed by atoms with Gasteiger partial charge in [-0.1, -0.05) is 24.3 Å². The van der Waals surface area contributed by atoms with Crippen molar-refractivity contribution in [2.45, 2.75) is 25.9 Å². The summed E-state index contributed by atoms with van der Waals surface area (Å²) in [5.74, 6) is -0.00380. The molecule has 0 bridgehead atoms. The van der Waals surface area contributed by atoms with Crippen LogP contribution in [0.25, 0.3) is 11.0 Å². The number of hydrogen-bond acceptors (Lipinski definition) is 5. The minimum atomic E-state index is -0.170. The van der Waals surface area contributed by atoms with Gasteiger partial charge in [0.25, 0.3) is 5.91 Å². The summed E-state index contributed by atoms with van der Waals surface area (Å²) in [6.07, 6.45) is 2.19. The first-order chi connectivity index (χ1) is 14.7. The maximum absolute atomic E-state index is 13.3. The second-order valence-corrected chi connectivity index (χ2v) is 7.45. The topological polar surface area (TPSA) is 98.6 Å². The van der Waals surface area contributed by atoms with Crippen LogP contribution in [0, 0.1) is 18.3 Å². The molecule has 0 aliphatic carbocycles. The monoisotopic (exact) mass is 394 g/mol. The summed E-state index contributed by atoms with van der Waals surface area (Å²) in [7, 11) is 0. The molecule has 1 amide bonds. The molecule has 3 heterocycles. The average molecular weight is 394 g/mol. The van der Waals surface area contributed by atoms with Gasteiger partial charge in [-0.25, -0.2) is 4.98 Å². The number of nitrogens with zero attached hydrogens (tertiary/aromatic N) is 5. The highest BCUT2D eigenvalue weighted by Crippen LogP contribution is 2.38. The van der Waals surface area contributed by atoms with Gasteiger partial charge < -0.3 is 4.90 Å². The lowest BCUT2D eigenvalue weighted by atomic mass is 9.94. The predicted molar refractivity (Wildman–Crippen MR) is 110 cm³/mol. The van der Waals surface area contributed by atoms with Crippen molar-refractivity contribution >= 4 is 16.9 Å². The zero-order chi connectivity index (χ0) is 20.7. The molecule has 1 aliphatic heterocycles. The number of hydrogen-bond donors (Lipinski definition) is 1. The van der Waals surface area contributed by atoms with Crippen molar-refractivity contribution in [3.8, 4) is 6.07 Å². The largest absolute Gasteiger partial charge is 0.327 e. The summed E-state index contributed by atoms with van der Waals surface area (Å²) in [6, 6.07) is 17.4. The van der Waals surface area contributed by atoms with E-state index in [1.54, 1.807) is 6.20 Å². The van der Waals surface area contributed by atoms with E-state index in [9.17, 15) is 10.1 Å². The van der Waals surface area contributed by atoms with E-state index in [1.165, 1.54) is 0 Å². The second kappa shape index (κ2) is 7.08. The van der Waals surface area contributed by atoms with Crippen LogP contribution in [-0.2, 0) is 13.0 Å². The van der Waals surface area contributed by atoms with Crippen LogP contribution in [0.4, 0.5) is 0 Å². The summed E-state index contributed by atoms with van der Waals surface area (Å²) in [5.41, 5.74) is 6.52. The van der Waals surface area contributed by atoms with E-state index in [2.05, 4.69) is 26.5 Å². The molecule has 0 spiro atoms. The van der Waals surface area contributed by atoms with E-state index in [1.807, 2.05) is 60.4 Å². The third-order valence-corrected chi connectivity index (χ3v) is 5.71. The Bertz CT molecular complexity index is 1320. The molecule has 0 fully saturated rings. The molecule has 0 saturated carbocycles. The molecule has 0 radical (unpaired) electrons. The van der Waals surface area contributed by atoms with E-state index < -0.39 is 0 Å². The summed E-state index contributed by atoms with van der Waals surface area (Å²) in [5, 5.41) is 20.4.